The zero-order chi connectivity index (χ0) is 17.4. The highest BCUT2D eigenvalue weighted by atomic mass is 35.5. The maximum absolute atomic E-state index is 12.5. The standard InChI is InChI=1S/C17H19ClN4O2/c1-10(2)15-8-16(23)22-17(20-15)19-11(3)21(22)9-12-7-13(24-4)5-6-14(12)18/h5-8,10H,9H2,1-4H3. The molecule has 24 heavy (non-hydrogen) atoms. The number of halogens is 1. The molecule has 0 fully saturated rings. The molecule has 0 aliphatic heterocycles. The number of hydrogen-bond acceptors (Lipinski definition) is 4. The van der Waals surface area contributed by atoms with E-state index in [-0.39, 0.29) is 11.5 Å². The molecule has 0 atom stereocenters. The van der Waals surface area contributed by atoms with Crippen molar-refractivity contribution in [2.24, 2.45) is 0 Å². The average Bonchev–Trinajstić information content (AvgIpc) is 2.85. The Morgan fingerprint density at radius 3 is 2.67 bits per heavy atom. The molecule has 0 spiro atoms. The minimum Gasteiger partial charge on any atom is -0.497 e. The van der Waals surface area contributed by atoms with Gasteiger partial charge < -0.3 is 4.74 Å². The van der Waals surface area contributed by atoms with Crippen LogP contribution in [0, 0.1) is 6.92 Å². The second-order valence-electron chi connectivity index (χ2n) is 5.96. The molecule has 3 aromatic rings. The van der Waals surface area contributed by atoms with E-state index in [1.165, 1.54) is 4.52 Å². The van der Waals surface area contributed by atoms with Crippen molar-refractivity contribution in [3.05, 3.63) is 56.7 Å². The van der Waals surface area contributed by atoms with Crippen molar-refractivity contribution in [2.75, 3.05) is 7.11 Å². The summed E-state index contributed by atoms with van der Waals surface area (Å²) < 4.78 is 8.50. The summed E-state index contributed by atoms with van der Waals surface area (Å²) in [6.07, 6.45) is 0. The van der Waals surface area contributed by atoms with Gasteiger partial charge in [0, 0.05) is 11.1 Å². The molecule has 0 radical (unpaired) electrons. The smallest absolute Gasteiger partial charge is 0.274 e. The maximum atomic E-state index is 12.5. The Morgan fingerprint density at radius 2 is 2.00 bits per heavy atom. The van der Waals surface area contributed by atoms with E-state index >= 15 is 0 Å². The van der Waals surface area contributed by atoms with Gasteiger partial charge >= 0.3 is 0 Å². The zero-order valence-corrected chi connectivity index (χ0v) is 14.8. The van der Waals surface area contributed by atoms with E-state index in [9.17, 15) is 4.79 Å². The summed E-state index contributed by atoms with van der Waals surface area (Å²) >= 11 is 6.29. The van der Waals surface area contributed by atoms with E-state index in [1.54, 1.807) is 30.0 Å². The quantitative estimate of drug-likeness (QED) is 0.728. The van der Waals surface area contributed by atoms with Crippen molar-refractivity contribution in [2.45, 2.75) is 33.2 Å². The van der Waals surface area contributed by atoms with E-state index < -0.39 is 0 Å². The molecule has 0 N–H and O–H groups in total. The third-order valence-corrected chi connectivity index (χ3v) is 4.31. The van der Waals surface area contributed by atoms with Crippen LogP contribution in [0.3, 0.4) is 0 Å². The van der Waals surface area contributed by atoms with Crippen molar-refractivity contribution >= 4 is 17.4 Å². The topological polar surface area (TPSA) is 61.4 Å². The van der Waals surface area contributed by atoms with E-state index in [1.807, 2.05) is 26.8 Å². The van der Waals surface area contributed by atoms with Crippen LogP contribution in [0.4, 0.5) is 0 Å². The summed E-state index contributed by atoms with van der Waals surface area (Å²) in [5.41, 5.74) is 1.44. The fourth-order valence-electron chi connectivity index (χ4n) is 2.57. The van der Waals surface area contributed by atoms with Gasteiger partial charge in [-0.3, -0.25) is 9.48 Å². The Morgan fingerprint density at radius 1 is 1.25 bits per heavy atom. The highest BCUT2D eigenvalue weighted by Crippen LogP contribution is 2.23. The van der Waals surface area contributed by atoms with Crippen LogP contribution < -0.4 is 10.3 Å². The first-order valence-electron chi connectivity index (χ1n) is 7.70. The number of aromatic nitrogens is 4. The van der Waals surface area contributed by atoms with Gasteiger partial charge in [-0.15, -0.1) is 0 Å². The molecule has 0 bridgehead atoms. The van der Waals surface area contributed by atoms with Crippen molar-refractivity contribution in [3.63, 3.8) is 0 Å². The first-order valence-corrected chi connectivity index (χ1v) is 8.08. The van der Waals surface area contributed by atoms with Crippen molar-refractivity contribution in [1.82, 2.24) is 19.2 Å². The van der Waals surface area contributed by atoms with Gasteiger partial charge in [-0.05, 0) is 36.6 Å². The average molecular weight is 347 g/mol. The number of methoxy groups -OCH3 is 1. The second kappa shape index (κ2) is 6.28. The lowest BCUT2D eigenvalue weighted by molar-refractivity contribution is 0.414. The summed E-state index contributed by atoms with van der Waals surface area (Å²) in [6, 6.07) is 6.99. The van der Waals surface area contributed by atoms with Crippen LogP contribution in [-0.2, 0) is 6.54 Å². The first kappa shape index (κ1) is 16.5. The fraction of sp³-hybridized carbons (Fsp3) is 0.353. The van der Waals surface area contributed by atoms with Gasteiger partial charge in [0.15, 0.2) is 0 Å². The van der Waals surface area contributed by atoms with E-state index in [2.05, 4.69) is 9.97 Å². The SMILES string of the molecule is COc1ccc(Cl)c(Cn2c(C)nc3nc(C(C)C)cc(=O)n32)c1. The monoisotopic (exact) mass is 346 g/mol. The van der Waals surface area contributed by atoms with Crippen LogP contribution in [0.5, 0.6) is 5.75 Å². The summed E-state index contributed by atoms with van der Waals surface area (Å²) in [4.78, 5) is 21.5. The lowest BCUT2D eigenvalue weighted by Gasteiger charge is -2.11. The van der Waals surface area contributed by atoms with Crippen LogP contribution in [0.25, 0.3) is 5.78 Å². The third kappa shape index (κ3) is 2.89. The van der Waals surface area contributed by atoms with Gasteiger partial charge in [0.25, 0.3) is 11.3 Å². The molecule has 2 aromatic heterocycles. The molecule has 0 saturated carbocycles. The Kier molecular flexibility index (Phi) is 4.32. The molecule has 7 heteroatoms. The first-order chi connectivity index (χ1) is 11.4. The summed E-state index contributed by atoms with van der Waals surface area (Å²) in [5.74, 6) is 1.98. The van der Waals surface area contributed by atoms with Gasteiger partial charge in [0.2, 0.25) is 0 Å². The summed E-state index contributed by atoms with van der Waals surface area (Å²) in [7, 11) is 1.60. The van der Waals surface area contributed by atoms with Crippen LogP contribution in [0.15, 0.2) is 29.1 Å². The Bertz CT molecular complexity index is 959. The number of benzene rings is 1. The highest BCUT2D eigenvalue weighted by molar-refractivity contribution is 6.31. The number of aryl methyl sites for hydroxylation is 1. The number of hydrogen-bond donors (Lipinski definition) is 0. The molecule has 0 saturated heterocycles. The molecular weight excluding hydrogens is 328 g/mol. The number of ether oxygens (including phenoxy) is 1. The molecule has 0 aliphatic carbocycles. The molecule has 2 heterocycles. The van der Waals surface area contributed by atoms with Crippen molar-refractivity contribution in [1.29, 1.82) is 0 Å². The van der Waals surface area contributed by atoms with E-state index in [0.29, 0.717) is 28.9 Å². The molecule has 0 amide bonds. The maximum Gasteiger partial charge on any atom is 0.274 e. The third-order valence-electron chi connectivity index (χ3n) is 3.94. The molecule has 0 unspecified atom stereocenters. The van der Waals surface area contributed by atoms with Gasteiger partial charge in [0.1, 0.15) is 11.6 Å². The largest absolute Gasteiger partial charge is 0.497 e. The Balaban J connectivity index is 2.14. The van der Waals surface area contributed by atoms with E-state index in [4.69, 9.17) is 16.3 Å². The number of rotatable bonds is 4. The van der Waals surface area contributed by atoms with Gasteiger partial charge in [-0.2, -0.15) is 9.50 Å². The fourth-order valence-corrected chi connectivity index (χ4v) is 2.75. The van der Waals surface area contributed by atoms with Crippen LogP contribution in [0.1, 0.15) is 36.8 Å². The minimum atomic E-state index is -0.150. The van der Waals surface area contributed by atoms with Gasteiger partial charge in [-0.25, -0.2) is 4.98 Å². The van der Waals surface area contributed by atoms with Crippen LogP contribution in [0.2, 0.25) is 5.02 Å². The highest BCUT2D eigenvalue weighted by Gasteiger charge is 2.14. The van der Waals surface area contributed by atoms with Gasteiger partial charge in [0.05, 0.1) is 19.3 Å². The zero-order valence-electron chi connectivity index (χ0n) is 14.1. The van der Waals surface area contributed by atoms with Crippen molar-refractivity contribution in [3.8, 4) is 5.75 Å². The predicted octanol–water partition coefficient (Wildman–Crippen LogP) is 3.03. The van der Waals surface area contributed by atoms with E-state index in [0.717, 1.165) is 11.3 Å². The molecule has 126 valence electrons. The summed E-state index contributed by atoms with van der Waals surface area (Å²) in [6.45, 7) is 6.24. The molecule has 1 aromatic carbocycles. The molecule has 0 aliphatic rings. The number of fused-ring (bicyclic) bond motifs is 1. The normalized spacial score (nSPS) is 11.4. The molecular formula is C17H19ClN4O2. The molecule has 6 nitrogen and oxygen atoms in total. The predicted molar refractivity (Wildman–Crippen MR) is 93.2 cm³/mol. The Hall–Kier alpha value is -2.34. The Labute approximate surface area is 144 Å². The van der Waals surface area contributed by atoms with Crippen molar-refractivity contribution < 1.29 is 4.74 Å². The van der Waals surface area contributed by atoms with Crippen LogP contribution in [-0.4, -0.2) is 26.3 Å². The second-order valence-corrected chi connectivity index (χ2v) is 6.37. The van der Waals surface area contributed by atoms with Crippen LogP contribution >= 0.6 is 11.6 Å². The number of nitrogens with zero attached hydrogens (tertiary/aromatic N) is 4. The van der Waals surface area contributed by atoms with Gasteiger partial charge in [-0.1, -0.05) is 25.4 Å². The lowest BCUT2D eigenvalue weighted by atomic mass is 10.1. The lowest BCUT2D eigenvalue weighted by Crippen LogP contribution is -2.23. The summed E-state index contributed by atoms with van der Waals surface area (Å²) in [5, 5.41) is 0.608. The molecule has 3 rings (SSSR count). The minimum absolute atomic E-state index is 0.150.